The summed E-state index contributed by atoms with van der Waals surface area (Å²) in [6, 6.07) is 11.4. The molecule has 2 aliphatic rings. The Hall–Kier alpha value is -3.95. The number of imidazole rings is 1. The number of piperazine rings is 2. The van der Waals surface area contributed by atoms with Crippen LogP contribution in [0, 0.1) is 0 Å². The van der Waals surface area contributed by atoms with E-state index in [0.717, 1.165) is 13.1 Å². The Kier molecular flexibility index (Phi) is 6.87. The summed E-state index contributed by atoms with van der Waals surface area (Å²) in [5.74, 6) is 0.629. The number of aromatic nitrogens is 4. The van der Waals surface area contributed by atoms with Crippen LogP contribution in [0.5, 0.6) is 0 Å². The first-order chi connectivity index (χ1) is 17.2. The molecule has 1 atom stereocenters. The maximum atomic E-state index is 13.5. The third-order valence-corrected chi connectivity index (χ3v) is 6.72. The predicted molar refractivity (Wildman–Crippen MR) is 132 cm³/mol. The normalized spacial score (nSPS) is 17.4. The number of hydrogen-bond acceptors (Lipinski definition) is 7. The number of hydrogen-bond donors (Lipinski definition) is 0. The first-order valence-electron chi connectivity index (χ1n) is 12.0. The van der Waals surface area contributed by atoms with Gasteiger partial charge in [0, 0.05) is 82.8 Å². The molecular weight excluding hydrogens is 444 g/mol. The van der Waals surface area contributed by atoms with E-state index in [1.807, 2.05) is 28.0 Å². The standard InChI is InChI=1S/C25H30N8O2/c34-23(30-13-11-29(12-14-30)21-5-2-1-3-6-21)19-22(33-10-9-26-20-33)24(35)31-15-17-32(18-16-31)25-27-7-4-8-28-25/h1-10,20,22H,11-19H2. The molecule has 2 aromatic heterocycles. The molecule has 3 aromatic rings. The molecule has 0 spiro atoms. The molecule has 1 aromatic carbocycles. The molecule has 0 radical (unpaired) electrons. The second-order valence-electron chi connectivity index (χ2n) is 8.79. The molecule has 2 fully saturated rings. The zero-order valence-corrected chi connectivity index (χ0v) is 19.7. The van der Waals surface area contributed by atoms with Gasteiger partial charge in [-0.3, -0.25) is 9.59 Å². The van der Waals surface area contributed by atoms with Crippen molar-refractivity contribution in [1.29, 1.82) is 0 Å². The molecule has 10 nitrogen and oxygen atoms in total. The Morgan fingerprint density at radius 1 is 0.771 bits per heavy atom. The van der Waals surface area contributed by atoms with Gasteiger partial charge in [-0.2, -0.15) is 0 Å². The van der Waals surface area contributed by atoms with Gasteiger partial charge in [-0.1, -0.05) is 18.2 Å². The summed E-state index contributed by atoms with van der Waals surface area (Å²) in [7, 11) is 0. The number of carbonyl (C=O) groups excluding carboxylic acids is 2. The minimum Gasteiger partial charge on any atom is -0.368 e. The largest absolute Gasteiger partial charge is 0.368 e. The van der Waals surface area contributed by atoms with Gasteiger partial charge in [0.1, 0.15) is 6.04 Å². The van der Waals surface area contributed by atoms with Crippen molar-refractivity contribution in [2.75, 3.05) is 62.2 Å². The summed E-state index contributed by atoms with van der Waals surface area (Å²) in [4.78, 5) is 47.6. The van der Waals surface area contributed by atoms with Crippen molar-refractivity contribution >= 4 is 23.5 Å². The highest BCUT2D eigenvalue weighted by molar-refractivity contribution is 5.87. The Morgan fingerprint density at radius 2 is 1.43 bits per heavy atom. The third-order valence-electron chi connectivity index (χ3n) is 6.72. The number of amides is 2. The zero-order chi connectivity index (χ0) is 24.0. The lowest BCUT2D eigenvalue weighted by Gasteiger charge is -2.38. The molecular formula is C25H30N8O2. The number of nitrogens with zero attached hydrogens (tertiary/aromatic N) is 8. The van der Waals surface area contributed by atoms with E-state index < -0.39 is 6.04 Å². The topological polar surface area (TPSA) is 90.7 Å². The SMILES string of the molecule is O=C(CC(C(=O)N1CCN(c2ncccn2)CC1)n1ccnc1)N1CCN(c2ccccc2)CC1. The van der Waals surface area contributed by atoms with Gasteiger partial charge in [-0.15, -0.1) is 0 Å². The summed E-state index contributed by atoms with van der Waals surface area (Å²) >= 11 is 0. The van der Waals surface area contributed by atoms with Gasteiger partial charge >= 0.3 is 0 Å². The van der Waals surface area contributed by atoms with Crippen molar-refractivity contribution in [3.8, 4) is 0 Å². The molecule has 0 aliphatic carbocycles. The van der Waals surface area contributed by atoms with Gasteiger partial charge in [0.25, 0.3) is 0 Å². The first-order valence-corrected chi connectivity index (χ1v) is 12.0. The first kappa shape index (κ1) is 22.8. The van der Waals surface area contributed by atoms with Crippen molar-refractivity contribution in [2.45, 2.75) is 12.5 Å². The smallest absolute Gasteiger partial charge is 0.246 e. The number of rotatable bonds is 6. The summed E-state index contributed by atoms with van der Waals surface area (Å²) in [6.07, 6.45) is 8.60. The number of para-hydroxylation sites is 1. The Labute approximate surface area is 204 Å². The van der Waals surface area contributed by atoms with E-state index >= 15 is 0 Å². The highest BCUT2D eigenvalue weighted by Gasteiger charge is 2.32. The quantitative estimate of drug-likeness (QED) is 0.532. The minimum atomic E-state index is -0.600. The van der Waals surface area contributed by atoms with Gasteiger partial charge in [0.05, 0.1) is 12.7 Å². The number of anilines is 2. The zero-order valence-electron chi connectivity index (χ0n) is 19.7. The van der Waals surface area contributed by atoms with Crippen LogP contribution in [-0.2, 0) is 9.59 Å². The molecule has 5 rings (SSSR count). The number of carbonyl (C=O) groups is 2. The predicted octanol–water partition coefficient (Wildman–Crippen LogP) is 1.30. The number of benzene rings is 1. The fourth-order valence-corrected chi connectivity index (χ4v) is 4.71. The van der Waals surface area contributed by atoms with E-state index in [9.17, 15) is 9.59 Å². The van der Waals surface area contributed by atoms with Crippen molar-refractivity contribution in [1.82, 2.24) is 29.3 Å². The lowest BCUT2D eigenvalue weighted by atomic mass is 10.1. The molecule has 2 amide bonds. The van der Waals surface area contributed by atoms with Crippen molar-refractivity contribution in [3.63, 3.8) is 0 Å². The monoisotopic (exact) mass is 474 g/mol. The van der Waals surface area contributed by atoms with Crippen LogP contribution in [0.15, 0.2) is 67.5 Å². The van der Waals surface area contributed by atoms with E-state index in [2.05, 4.69) is 36.9 Å². The van der Waals surface area contributed by atoms with Gasteiger partial charge < -0.3 is 24.2 Å². The summed E-state index contributed by atoms with van der Waals surface area (Å²) in [6.45, 7) is 5.29. The van der Waals surface area contributed by atoms with Gasteiger partial charge in [-0.05, 0) is 18.2 Å². The summed E-state index contributed by atoms with van der Waals surface area (Å²) < 4.78 is 1.76. The summed E-state index contributed by atoms with van der Waals surface area (Å²) in [5, 5.41) is 0. The molecule has 182 valence electrons. The maximum absolute atomic E-state index is 13.5. The van der Waals surface area contributed by atoms with Crippen molar-refractivity contribution in [3.05, 3.63) is 67.5 Å². The molecule has 0 bridgehead atoms. The fourth-order valence-electron chi connectivity index (χ4n) is 4.71. The maximum Gasteiger partial charge on any atom is 0.246 e. The van der Waals surface area contributed by atoms with Crippen LogP contribution in [0.25, 0.3) is 0 Å². The lowest BCUT2D eigenvalue weighted by molar-refractivity contribution is -0.141. The van der Waals surface area contributed by atoms with E-state index in [1.165, 1.54) is 5.69 Å². The van der Waals surface area contributed by atoms with Crippen LogP contribution >= 0.6 is 0 Å². The van der Waals surface area contributed by atoms with Gasteiger partial charge in [-0.25, -0.2) is 15.0 Å². The van der Waals surface area contributed by atoms with E-state index in [4.69, 9.17) is 0 Å². The Balaban J connectivity index is 1.20. The summed E-state index contributed by atoms with van der Waals surface area (Å²) in [5.41, 5.74) is 1.17. The highest BCUT2D eigenvalue weighted by atomic mass is 16.2. The average molecular weight is 475 g/mol. The van der Waals surface area contributed by atoms with Crippen LogP contribution in [0.4, 0.5) is 11.6 Å². The van der Waals surface area contributed by atoms with Gasteiger partial charge in [0.15, 0.2) is 0 Å². The molecule has 2 aliphatic heterocycles. The second kappa shape index (κ2) is 10.5. The lowest BCUT2D eigenvalue weighted by Crippen LogP contribution is -2.52. The minimum absolute atomic E-state index is 0.00100. The van der Waals surface area contributed by atoms with Crippen LogP contribution in [0.1, 0.15) is 12.5 Å². The Bertz CT molecular complexity index is 1090. The second-order valence-corrected chi connectivity index (χ2v) is 8.79. The molecule has 10 heteroatoms. The van der Waals surface area contributed by atoms with Crippen LogP contribution in [0.2, 0.25) is 0 Å². The van der Waals surface area contributed by atoms with Crippen molar-refractivity contribution < 1.29 is 9.59 Å². The molecule has 1 unspecified atom stereocenters. The fraction of sp³-hybridized carbons (Fsp3) is 0.400. The van der Waals surface area contributed by atoms with E-state index in [0.29, 0.717) is 45.2 Å². The van der Waals surface area contributed by atoms with Crippen molar-refractivity contribution in [2.24, 2.45) is 0 Å². The third kappa shape index (κ3) is 5.26. The van der Waals surface area contributed by atoms with Crippen LogP contribution < -0.4 is 9.80 Å². The Morgan fingerprint density at radius 3 is 2.09 bits per heavy atom. The van der Waals surface area contributed by atoms with Crippen LogP contribution in [0.3, 0.4) is 0 Å². The molecule has 4 heterocycles. The van der Waals surface area contributed by atoms with Gasteiger partial charge in [0.2, 0.25) is 17.8 Å². The van der Waals surface area contributed by atoms with E-state index in [1.54, 1.807) is 41.7 Å². The van der Waals surface area contributed by atoms with Crippen LogP contribution in [-0.4, -0.2) is 93.5 Å². The molecule has 0 saturated carbocycles. The molecule has 2 saturated heterocycles. The van der Waals surface area contributed by atoms with E-state index in [-0.39, 0.29) is 18.2 Å². The molecule has 0 N–H and O–H groups in total. The molecule has 35 heavy (non-hydrogen) atoms. The average Bonchev–Trinajstić information content (AvgIpc) is 3.47. The highest BCUT2D eigenvalue weighted by Crippen LogP contribution is 2.21.